The van der Waals surface area contributed by atoms with Gasteiger partial charge >= 0.3 is 0 Å². The highest BCUT2D eigenvalue weighted by molar-refractivity contribution is 7.89. The number of hydrogen-bond acceptors (Lipinski definition) is 10. The lowest BCUT2D eigenvalue weighted by Crippen LogP contribution is -2.42. The van der Waals surface area contributed by atoms with Gasteiger partial charge in [-0.2, -0.15) is 0 Å². The summed E-state index contributed by atoms with van der Waals surface area (Å²) in [7, 11) is -2.27. The highest BCUT2D eigenvalue weighted by Crippen LogP contribution is 2.32. The SMILES string of the molecule is CCNC(=O)[C@H]1O[C@@H](n2cnc3c(NC)nc(CNS(=O)(=O)c4ccc(-c5ccccc5)cc4)nc32)[C@H](O)[C@@H]1O. The Hall–Kier alpha value is -3.95. The summed E-state index contributed by atoms with van der Waals surface area (Å²) in [4.78, 5) is 25.5. The first-order chi connectivity index (χ1) is 19.2. The Balaban J connectivity index is 1.38. The minimum atomic E-state index is -3.90. The minimum Gasteiger partial charge on any atom is -0.387 e. The lowest BCUT2D eigenvalue weighted by Gasteiger charge is -2.17. The molecule has 5 N–H and O–H groups in total. The van der Waals surface area contributed by atoms with Gasteiger partial charge in [0.25, 0.3) is 5.91 Å². The fraction of sp³-hybridized carbons (Fsp3) is 0.308. The number of anilines is 1. The number of amides is 1. The van der Waals surface area contributed by atoms with Crippen LogP contribution in [-0.2, 0) is 26.1 Å². The Morgan fingerprint density at radius 2 is 1.73 bits per heavy atom. The maximum absolute atomic E-state index is 13.0. The first kappa shape index (κ1) is 27.6. The maximum Gasteiger partial charge on any atom is 0.252 e. The zero-order valence-electron chi connectivity index (χ0n) is 21.7. The molecule has 0 aliphatic carbocycles. The van der Waals surface area contributed by atoms with Crippen LogP contribution in [0.5, 0.6) is 0 Å². The molecule has 4 atom stereocenters. The van der Waals surface area contributed by atoms with Crippen LogP contribution in [0.1, 0.15) is 19.0 Å². The monoisotopic (exact) mass is 567 g/mol. The Labute approximate surface area is 230 Å². The molecule has 2 aromatic heterocycles. The molecular weight excluding hydrogens is 538 g/mol. The zero-order chi connectivity index (χ0) is 28.4. The molecule has 0 radical (unpaired) electrons. The minimum absolute atomic E-state index is 0.0833. The van der Waals surface area contributed by atoms with Gasteiger partial charge in [0, 0.05) is 13.6 Å². The standard InChI is InChI=1S/C26H29N7O6S/c1-3-28-25(36)22-20(34)21(35)26(39-22)33-14-29-19-23(27-2)31-18(32-24(19)33)13-30-40(37,38)17-11-9-16(10-12-17)15-7-5-4-6-8-15/h4-12,14,20-22,26,30,34-35H,3,13H2,1-2H3,(H,28,36)(H,27,31,32)/t20-,21+,22-,26+/m0/s1. The lowest BCUT2D eigenvalue weighted by atomic mass is 10.1. The summed E-state index contributed by atoms with van der Waals surface area (Å²) >= 11 is 0. The van der Waals surface area contributed by atoms with E-state index in [2.05, 4.69) is 30.3 Å². The first-order valence-corrected chi connectivity index (χ1v) is 14.1. The van der Waals surface area contributed by atoms with E-state index in [9.17, 15) is 23.4 Å². The number of nitrogens with one attached hydrogen (secondary N) is 3. The van der Waals surface area contributed by atoms with Crippen molar-refractivity contribution in [1.29, 1.82) is 0 Å². The number of benzene rings is 2. The van der Waals surface area contributed by atoms with Gasteiger partial charge < -0.3 is 25.6 Å². The van der Waals surface area contributed by atoms with E-state index in [0.29, 0.717) is 17.9 Å². The predicted molar refractivity (Wildman–Crippen MR) is 145 cm³/mol. The van der Waals surface area contributed by atoms with Crippen LogP contribution in [-0.4, -0.2) is 76.0 Å². The number of likely N-dealkylation sites (N-methyl/N-ethyl adjacent to an activating group) is 1. The Morgan fingerprint density at radius 1 is 1.02 bits per heavy atom. The molecule has 14 heteroatoms. The first-order valence-electron chi connectivity index (χ1n) is 12.6. The average Bonchev–Trinajstić information content (AvgIpc) is 3.52. The van der Waals surface area contributed by atoms with Crippen molar-refractivity contribution in [2.45, 2.75) is 42.9 Å². The van der Waals surface area contributed by atoms with Crippen LogP contribution in [0.2, 0.25) is 0 Å². The molecule has 0 bridgehead atoms. The van der Waals surface area contributed by atoms with Gasteiger partial charge in [-0.15, -0.1) is 0 Å². The van der Waals surface area contributed by atoms with Gasteiger partial charge in [-0.3, -0.25) is 9.36 Å². The van der Waals surface area contributed by atoms with Crippen molar-refractivity contribution in [1.82, 2.24) is 29.6 Å². The molecule has 2 aromatic carbocycles. The van der Waals surface area contributed by atoms with Crippen LogP contribution >= 0.6 is 0 Å². The van der Waals surface area contributed by atoms with E-state index in [0.717, 1.165) is 11.1 Å². The van der Waals surface area contributed by atoms with Gasteiger partial charge in [-0.1, -0.05) is 42.5 Å². The van der Waals surface area contributed by atoms with Crippen LogP contribution in [0.25, 0.3) is 22.3 Å². The highest BCUT2D eigenvalue weighted by Gasteiger charge is 2.47. The van der Waals surface area contributed by atoms with Crippen LogP contribution < -0.4 is 15.4 Å². The predicted octanol–water partition coefficient (Wildman–Crippen LogP) is 0.769. The number of aliphatic hydroxyl groups excluding tert-OH is 2. The molecule has 40 heavy (non-hydrogen) atoms. The molecule has 1 saturated heterocycles. The number of nitrogens with zero attached hydrogens (tertiary/aromatic N) is 4. The van der Waals surface area contributed by atoms with E-state index in [1.165, 1.54) is 23.0 Å². The molecule has 5 rings (SSSR count). The third-order valence-corrected chi connectivity index (χ3v) is 7.94. The van der Waals surface area contributed by atoms with E-state index in [1.54, 1.807) is 26.1 Å². The van der Waals surface area contributed by atoms with Gasteiger partial charge in [0.05, 0.1) is 17.8 Å². The number of rotatable bonds is 9. The van der Waals surface area contributed by atoms with Crippen molar-refractivity contribution in [3.8, 4) is 11.1 Å². The fourth-order valence-corrected chi connectivity index (χ4v) is 5.46. The number of imidazole rings is 1. The summed E-state index contributed by atoms with van der Waals surface area (Å²) < 4.78 is 35.6. The molecule has 13 nitrogen and oxygen atoms in total. The number of ether oxygens (including phenoxy) is 1. The van der Waals surface area contributed by atoms with E-state index >= 15 is 0 Å². The van der Waals surface area contributed by atoms with E-state index < -0.39 is 40.5 Å². The molecule has 1 aliphatic rings. The summed E-state index contributed by atoms with van der Waals surface area (Å²) in [5.74, 6) is -0.117. The summed E-state index contributed by atoms with van der Waals surface area (Å²) in [5, 5.41) is 26.5. The van der Waals surface area contributed by atoms with E-state index in [-0.39, 0.29) is 22.9 Å². The van der Waals surface area contributed by atoms with Crippen molar-refractivity contribution in [2.24, 2.45) is 0 Å². The summed E-state index contributed by atoms with van der Waals surface area (Å²) in [5.41, 5.74) is 2.40. The normalized spacial score (nSPS) is 21.0. The number of aromatic nitrogens is 4. The molecule has 210 valence electrons. The van der Waals surface area contributed by atoms with E-state index in [1.807, 2.05) is 30.3 Å². The average molecular weight is 568 g/mol. The van der Waals surface area contributed by atoms with Crippen LogP contribution in [0.3, 0.4) is 0 Å². The molecule has 0 saturated carbocycles. The summed E-state index contributed by atoms with van der Waals surface area (Å²) in [6, 6.07) is 16.1. The number of sulfonamides is 1. The molecule has 1 fully saturated rings. The second-order valence-corrected chi connectivity index (χ2v) is 10.9. The van der Waals surface area contributed by atoms with Crippen LogP contribution in [0, 0.1) is 0 Å². The smallest absolute Gasteiger partial charge is 0.252 e. The van der Waals surface area contributed by atoms with Gasteiger partial charge in [0.1, 0.15) is 18.0 Å². The number of aliphatic hydroxyl groups is 2. The Morgan fingerprint density at radius 3 is 2.40 bits per heavy atom. The number of carbonyl (C=O) groups excluding carboxylic acids is 1. The van der Waals surface area contributed by atoms with Gasteiger partial charge in [-0.25, -0.2) is 28.1 Å². The summed E-state index contributed by atoms with van der Waals surface area (Å²) in [6.45, 7) is 1.81. The van der Waals surface area contributed by atoms with Crippen molar-refractivity contribution in [2.75, 3.05) is 18.9 Å². The number of fused-ring (bicyclic) bond motifs is 1. The Bertz CT molecular complexity index is 1610. The second-order valence-electron chi connectivity index (χ2n) is 9.10. The number of carbonyl (C=O) groups is 1. The maximum atomic E-state index is 13.0. The molecule has 1 aliphatic heterocycles. The molecular formula is C26H29N7O6S. The lowest BCUT2D eigenvalue weighted by molar-refractivity contribution is -0.137. The topological polar surface area (TPSA) is 181 Å². The quantitative estimate of drug-likeness (QED) is 0.194. The molecule has 0 spiro atoms. The van der Waals surface area contributed by atoms with Crippen molar-refractivity contribution in [3.63, 3.8) is 0 Å². The number of hydrogen-bond donors (Lipinski definition) is 5. The highest BCUT2D eigenvalue weighted by atomic mass is 32.2. The molecule has 3 heterocycles. The summed E-state index contributed by atoms with van der Waals surface area (Å²) in [6.07, 6.45) is -4.02. The second kappa shape index (κ2) is 11.3. The van der Waals surface area contributed by atoms with Crippen molar-refractivity contribution in [3.05, 3.63) is 66.7 Å². The van der Waals surface area contributed by atoms with Crippen LogP contribution in [0.15, 0.2) is 65.8 Å². The third kappa shape index (κ3) is 5.26. The third-order valence-electron chi connectivity index (χ3n) is 6.52. The van der Waals surface area contributed by atoms with Crippen LogP contribution in [0.4, 0.5) is 5.82 Å². The largest absolute Gasteiger partial charge is 0.387 e. The van der Waals surface area contributed by atoms with Crippen molar-refractivity contribution < 1.29 is 28.2 Å². The zero-order valence-corrected chi connectivity index (χ0v) is 22.5. The van der Waals surface area contributed by atoms with Gasteiger partial charge in [0.15, 0.2) is 29.3 Å². The van der Waals surface area contributed by atoms with E-state index in [4.69, 9.17) is 4.74 Å². The van der Waals surface area contributed by atoms with Gasteiger partial charge in [-0.05, 0) is 30.2 Å². The molecule has 0 unspecified atom stereocenters. The molecule has 1 amide bonds. The van der Waals surface area contributed by atoms with Crippen molar-refractivity contribution >= 4 is 32.9 Å². The van der Waals surface area contributed by atoms with Gasteiger partial charge in [0.2, 0.25) is 10.0 Å². The fourth-order valence-electron chi connectivity index (χ4n) is 4.48. The molecule has 4 aromatic rings. The Kier molecular flexibility index (Phi) is 7.78.